The van der Waals surface area contributed by atoms with Crippen LogP contribution in [0.4, 0.5) is 0 Å². The summed E-state index contributed by atoms with van der Waals surface area (Å²) in [6, 6.07) is 0. The number of nitrogens with zero attached hydrogens (tertiary/aromatic N) is 2. The van der Waals surface area contributed by atoms with Crippen molar-refractivity contribution in [2.45, 2.75) is 13.0 Å². The average Bonchev–Trinajstić information content (AvgIpc) is 2.48. The van der Waals surface area contributed by atoms with E-state index >= 15 is 0 Å². The van der Waals surface area contributed by atoms with Crippen LogP contribution in [0.15, 0.2) is 6.20 Å². The van der Waals surface area contributed by atoms with E-state index in [-0.39, 0.29) is 0 Å². The highest BCUT2D eigenvalue weighted by atomic mass is 35.5. The molecule has 0 fully saturated rings. The van der Waals surface area contributed by atoms with Gasteiger partial charge in [0.2, 0.25) is 0 Å². The minimum Gasteiger partial charge on any atom is -0.330 e. The van der Waals surface area contributed by atoms with E-state index in [1.54, 1.807) is 0 Å². The van der Waals surface area contributed by atoms with Crippen molar-refractivity contribution in [2.75, 3.05) is 20.1 Å². The first kappa shape index (κ1) is 10.9. The summed E-state index contributed by atoms with van der Waals surface area (Å²) in [7, 11) is 2.07. The lowest BCUT2D eigenvalue weighted by Gasteiger charge is -2.13. The lowest BCUT2D eigenvalue weighted by atomic mass is 10.4. The van der Waals surface area contributed by atoms with Crippen molar-refractivity contribution in [2.24, 2.45) is 5.73 Å². The van der Waals surface area contributed by atoms with Crippen LogP contribution in [0.5, 0.6) is 0 Å². The van der Waals surface area contributed by atoms with E-state index in [1.807, 2.05) is 6.20 Å². The van der Waals surface area contributed by atoms with E-state index in [1.165, 1.54) is 16.2 Å². The molecule has 0 unspecified atom stereocenters. The summed E-state index contributed by atoms with van der Waals surface area (Å²) >= 11 is 7.25. The Hall–Kier alpha value is -0.160. The Kier molecular flexibility index (Phi) is 4.66. The maximum Gasteiger partial charge on any atom is 0.183 e. The summed E-state index contributed by atoms with van der Waals surface area (Å²) in [5, 5.41) is 0. The molecule has 0 saturated carbocycles. The molecule has 0 atom stereocenters. The molecule has 1 aromatic rings. The first-order valence-corrected chi connectivity index (χ1v) is 5.40. The van der Waals surface area contributed by atoms with Gasteiger partial charge in [0.1, 0.15) is 0 Å². The zero-order chi connectivity index (χ0) is 9.68. The molecule has 0 radical (unpaired) electrons. The summed E-state index contributed by atoms with van der Waals surface area (Å²) in [6.07, 6.45) is 2.86. The van der Waals surface area contributed by atoms with Crippen molar-refractivity contribution >= 4 is 22.9 Å². The van der Waals surface area contributed by atoms with Gasteiger partial charge in [-0.25, -0.2) is 4.98 Å². The standard InChI is InChI=1S/C8H14ClN3S/c1-12(4-2-3-10)6-7-5-11-8(9)13-7/h5H,2-4,6,10H2,1H3. The molecule has 0 spiro atoms. The van der Waals surface area contributed by atoms with Crippen LogP contribution in [0.3, 0.4) is 0 Å². The first-order chi connectivity index (χ1) is 6.22. The highest BCUT2D eigenvalue weighted by Gasteiger charge is 2.02. The van der Waals surface area contributed by atoms with Crippen molar-refractivity contribution in [3.05, 3.63) is 15.5 Å². The summed E-state index contributed by atoms with van der Waals surface area (Å²) in [5.41, 5.74) is 5.42. The van der Waals surface area contributed by atoms with E-state index in [0.717, 1.165) is 26.1 Å². The smallest absolute Gasteiger partial charge is 0.183 e. The van der Waals surface area contributed by atoms with Gasteiger partial charge < -0.3 is 10.6 Å². The van der Waals surface area contributed by atoms with Crippen LogP contribution < -0.4 is 5.73 Å². The predicted molar refractivity (Wildman–Crippen MR) is 57.1 cm³/mol. The molecule has 0 amide bonds. The summed E-state index contributed by atoms with van der Waals surface area (Å²) in [5.74, 6) is 0. The van der Waals surface area contributed by atoms with Gasteiger partial charge >= 0.3 is 0 Å². The number of nitrogens with two attached hydrogens (primary N) is 1. The molecule has 5 heteroatoms. The Morgan fingerprint density at radius 1 is 1.69 bits per heavy atom. The molecule has 0 bridgehead atoms. The highest BCUT2D eigenvalue weighted by Crippen LogP contribution is 2.18. The Morgan fingerprint density at radius 3 is 3.00 bits per heavy atom. The number of thiazole rings is 1. The van der Waals surface area contributed by atoms with Gasteiger partial charge in [0, 0.05) is 17.6 Å². The second-order valence-electron chi connectivity index (χ2n) is 2.96. The molecular formula is C8H14ClN3S. The van der Waals surface area contributed by atoms with Crippen molar-refractivity contribution in [3.63, 3.8) is 0 Å². The molecule has 3 nitrogen and oxygen atoms in total. The maximum absolute atomic E-state index is 5.72. The van der Waals surface area contributed by atoms with E-state index in [9.17, 15) is 0 Å². The minimum atomic E-state index is 0.613. The highest BCUT2D eigenvalue weighted by molar-refractivity contribution is 7.15. The normalized spacial score (nSPS) is 11.1. The third kappa shape index (κ3) is 4.04. The molecule has 0 aliphatic carbocycles. The van der Waals surface area contributed by atoms with Crippen LogP contribution in [0.1, 0.15) is 11.3 Å². The van der Waals surface area contributed by atoms with Gasteiger partial charge in [0.15, 0.2) is 4.47 Å². The van der Waals surface area contributed by atoms with Crippen molar-refractivity contribution < 1.29 is 0 Å². The number of rotatable bonds is 5. The lowest BCUT2D eigenvalue weighted by molar-refractivity contribution is 0.327. The van der Waals surface area contributed by atoms with Crippen LogP contribution in [-0.2, 0) is 6.54 Å². The Morgan fingerprint density at radius 2 is 2.46 bits per heavy atom. The van der Waals surface area contributed by atoms with Gasteiger partial charge in [-0.3, -0.25) is 0 Å². The number of aromatic nitrogens is 1. The van der Waals surface area contributed by atoms with Gasteiger partial charge in [0.25, 0.3) is 0 Å². The molecule has 74 valence electrons. The van der Waals surface area contributed by atoms with Crippen LogP contribution in [0, 0.1) is 0 Å². The van der Waals surface area contributed by atoms with Crippen LogP contribution >= 0.6 is 22.9 Å². The Balaban J connectivity index is 2.31. The van der Waals surface area contributed by atoms with Gasteiger partial charge in [0.05, 0.1) is 0 Å². The number of hydrogen-bond acceptors (Lipinski definition) is 4. The molecule has 13 heavy (non-hydrogen) atoms. The minimum absolute atomic E-state index is 0.613. The number of halogens is 1. The quantitative estimate of drug-likeness (QED) is 0.818. The predicted octanol–water partition coefficient (Wildman–Crippen LogP) is 1.58. The molecule has 0 aliphatic rings. The van der Waals surface area contributed by atoms with E-state index in [0.29, 0.717) is 4.47 Å². The molecule has 1 rings (SSSR count). The van der Waals surface area contributed by atoms with Crippen molar-refractivity contribution in [1.29, 1.82) is 0 Å². The zero-order valence-electron chi connectivity index (χ0n) is 7.66. The fraction of sp³-hybridized carbons (Fsp3) is 0.625. The fourth-order valence-corrected chi connectivity index (χ4v) is 2.12. The van der Waals surface area contributed by atoms with Gasteiger partial charge in [-0.1, -0.05) is 11.6 Å². The third-order valence-corrected chi connectivity index (χ3v) is 2.79. The van der Waals surface area contributed by atoms with Gasteiger partial charge in [-0.2, -0.15) is 0 Å². The lowest BCUT2D eigenvalue weighted by Crippen LogP contribution is -2.20. The maximum atomic E-state index is 5.72. The fourth-order valence-electron chi connectivity index (χ4n) is 1.06. The van der Waals surface area contributed by atoms with Crippen LogP contribution in [0.2, 0.25) is 4.47 Å². The molecule has 1 heterocycles. The first-order valence-electron chi connectivity index (χ1n) is 4.21. The Labute approximate surface area is 87.5 Å². The Bertz CT molecular complexity index is 251. The SMILES string of the molecule is CN(CCCN)Cc1cnc(Cl)s1. The summed E-state index contributed by atoms with van der Waals surface area (Å²) in [6.45, 7) is 2.67. The van der Waals surface area contributed by atoms with Gasteiger partial charge in [-0.05, 0) is 26.6 Å². The van der Waals surface area contributed by atoms with Crippen molar-refractivity contribution in [1.82, 2.24) is 9.88 Å². The van der Waals surface area contributed by atoms with Gasteiger partial charge in [-0.15, -0.1) is 11.3 Å². The molecular weight excluding hydrogens is 206 g/mol. The van der Waals surface area contributed by atoms with E-state index in [4.69, 9.17) is 17.3 Å². The average molecular weight is 220 g/mol. The molecule has 0 saturated heterocycles. The zero-order valence-corrected chi connectivity index (χ0v) is 9.24. The number of hydrogen-bond donors (Lipinski definition) is 1. The van der Waals surface area contributed by atoms with Crippen molar-refractivity contribution in [3.8, 4) is 0 Å². The third-order valence-electron chi connectivity index (χ3n) is 1.70. The molecule has 0 aromatic carbocycles. The molecule has 0 aliphatic heterocycles. The molecule has 1 aromatic heterocycles. The second-order valence-corrected chi connectivity index (χ2v) is 4.66. The van der Waals surface area contributed by atoms with Crippen LogP contribution in [-0.4, -0.2) is 30.0 Å². The van der Waals surface area contributed by atoms with Crippen LogP contribution in [0.25, 0.3) is 0 Å². The molecule has 2 N–H and O–H groups in total. The van der Waals surface area contributed by atoms with E-state index in [2.05, 4.69) is 16.9 Å². The summed E-state index contributed by atoms with van der Waals surface area (Å²) < 4.78 is 0.613. The monoisotopic (exact) mass is 219 g/mol. The topological polar surface area (TPSA) is 42.1 Å². The second kappa shape index (κ2) is 5.54. The summed E-state index contributed by atoms with van der Waals surface area (Å²) in [4.78, 5) is 7.40. The van der Waals surface area contributed by atoms with E-state index < -0.39 is 0 Å². The largest absolute Gasteiger partial charge is 0.330 e.